The van der Waals surface area contributed by atoms with Gasteiger partial charge in [-0.25, -0.2) is 0 Å². The summed E-state index contributed by atoms with van der Waals surface area (Å²) in [6, 6.07) is 7.19. The molecule has 4 nitrogen and oxygen atoms in total. The Morgan fingerprint density at radius 3 is 2.39 bits per heavy atom. The molecule has 1 N–H and O–H groups in total. The minimum absolute atomic E-state index is 0.246. The molecule has 5 heteroatoms. The maximum atomic E-state index is 12.2. The van der Waals surface area contributed by atoms with Gasteiger partial charge in [0.1, 0.15) is 5.92 Å². The van der Waals surface area contributed by atoms with Crippen LogP contribution in [0.3, 0.4) is 0 Å². The molecular weight excluding hydrogens is 298 g/mol. The number of anilines is 1. The molecule has 0 saturated heterocycles. The Balaban J connectivity index is 2.99. The van der Waals surface area contributed by atoms with Crippen molar-refractivity contribution >= 4 is 33.5 Å². The average Bonchev–Trinajstić information content (AvgIpc) is 2.26. The number of hydrogen-bond donors (Lipinski definition) is 1. The molecule has 0 fully saturated rings. The highest BCUT2D eigenvalue weighted by atomic mass is 79.9. The van der Waals surface area contributed by atoms with E-state index in [0.717, 1.165) is 4.47 Å². The largest absolute Gasteiger partial charge is 0.481 e. The molecule has 0 aliphatic rings. The van der Waals surface area contributed by atoms with E-state index in [1.165, 1.54) is 4.90 Å². The molecule has 0 bridgehead atoms. The second kappa shape index (κ2) is 6.00. The zero-order valence-corrected chi connectivity index (χ0v) is 12.1. The molecule has 98 valence electrons. The molecule has 1 rings (SSSR count). The van der Waals surface area contributed by atoms with Gasteiger partial charge >= 0.3 is 5.97 Å². The van der Waals surface area contributed by atoms with Gasteiger partial charge in [-0.3, -0.25) is 9.59 Å². The van der Waals surface area contributed by atoms with Gasteiger partial charge in [-0.15, -0.1) is 0 Å². The monoisotopic (exact) mass is 313 g/mol. The number of carbonyl (C=O) groups excluding carboxylic acids is 1. The summed E-state index contributed by atoms with van der Waals surface area (Å²) in [6.07, 6.45) is 0. The second-order valence-electron chi connectivity index (χ2n) is 4.44. The van der Waals surface area contributed by atoms with Crippen molar-refractivity contribution < 1.29 is 14.7 Å². The van der Waals surface area contributed by atoms with E-state index in [9.17, 15) is 9.59 Å². The number of halogens is 1. The van der Waals surface area contributed by atoms with E-state index in [1.54, 1.807) is 39.1 Å². The first-order valence-electron chi connectivity index (χ1n) is 5.60. The predicted molar refractivity (Wildman–Crippen MR) is 73.5 cm³/mol. The fourth-order valence-electron chi connectivity index (χ4n) is 1.70. The fourth-order valence-corrected chi connectivity index (χ4v) is 2.08. The average molecular weight is 314 g/mol. The summed E-state index contributed by atoms with van der Waals surface area (Å²) < 4.78 is 0.844. The van der Waals surface area contributed by atoms with Crippen LogP contribution in [-0.4, -0.2) is 24.0 Å². The third-order valence-electron chi connectivity index (χ3n) is 2.72. The van der Waals surface area contributed by atoms with E-state index in [4.69, 9.17) is 5.11 Å². The van der Waals surface area contributed by atoms with E-state index in [0.29, 0.717) is 5.69 Å². The Morgan fingerprint density at radius 1 is 1.33 bits per heavy atom. The zero-order chi connectivity index (χ0) is 13.9. The molecule has 1 amide bonds. The second-order valence-corrected chi connectivity index (χ2v) is 5.35. The van der Waals surface area contributed by atoms with Crippen LogP contribution in [0, 0.1) is 11.8 Å². The lowest BCUT2D eigenvalue weighted by Crippen LogP contribution is -2.39. The van der Waals surface area contributed by atoms with Gasteiger partial charge in [-0.05, 0) is 24.1 Å². The standard InChI is InChI=1S/C13H16BrNO3/c1-8(2)11(13(17)18)12(16)15(3)10-6-4-5-9(14)7-10/h4-8,11H,1-3H3,(H,17,18). The smallest absolute Gasteiger partial charge is 0.316 e. The Kier molecular flexibility index (Phi) is 4.90. The molecule has 0 aliphatic heterocycles. The van der Waals surface area contributed by atoms with Crippen LogP contribution in [0.5, 0.6) is 0 Å². The van der Waals surface area contributed by atoms with Gasteiger partial charge in [-0.1, -0.05) is 35.8 Å². The van der Waals surface area contributed by atoms with Crippen molar-refractivity contribution in [2.45, 2.75) is 13.8 Å². The first-order chi connectivity index (χ1) is 8.34. The van der Waals surface area contributed by atoms with Crippen LogP contribution in [0.25, 0.3) is 0 Å². The first kappa shape index (κ1) is 14.7. The number of carboxylic acid groups (broad SMARTS) is 1. The van der Waals surface area contributed by atoms with E-state index >= 15 is 0 Å². The van der Waals surface area contributed by atoms with Crippen LogP contribution >= 0.6 is 15.9 Å². The topological polar surface area (TPSA) is 57.6 Å². The van der Waals surface area contributed by atoms with Crippen molar-refractivity contribution in [3.8, 4) is 0 Å². The van der Waals surface area contributed by atoms with Crippen LogP contribution in [-0.2, 0) is 9.59 Å². The molecule has 1 atom stereocenters. The Labute approximate surface area is 115 Å². The van der Waals surface area contributed by atoms with Gasteiger partial charge < -0.3 is 10.0 Å². The number of carbonyl (C=O) groups is 2. The van der Waals surface area contributed by atoms with Crippen molar-refractivity contribution in [2.75, 3.05) is 11.9 Å². The summed E-state index contributed by atoms with van der Waals surface area (Å²) in [5, 5.41) is 9.11. The van der Waals surface area contributed by atoms with Crippen LogP contribution in [0.1, 0.15) is 13.8 Å². The van der Waals surface area contributed by atoms with Gasteiger partial charge in [0.15, 0.2) is 0 Å². The molecule has 0 aromatic heterocycles. The predicted octanol–water partition coefficient (Wildman–Crippen LogP) is 2.77. The highest BCUT2D eigenvalue weighted by molar-refractivity contribution is 9.10. The molecule has 1 unspecified atom stereocenters. The number of nitrogens with zero attached hydrogens (tertiary/aromatic N) is 1. The summed E-state index contributed by atoms with van der Waals surface area (Å²) in [6.45, 7) is 3.46. The quantitative estimate of drug-likeness (QED) is 0.870. The lowest BCUT2D eigenvalue weighted by molar-refractivity contribution is -0.147. The minimum Gasteiger partial charge on any atom is -0.481 e. The highest BCUT2D eigenvalue weighted by Crippen LogP contribution is 2.22. The molecule has 1 aromatic rings. The molecule has 0 saturated carbocycles. The highest BCUT2D eigenvalue weighted by Gasteiger charge is 2.32. The van der Waals surface area contributed by atoms with Gasteiger partial charge in [-0.2, -0.15) is 0 Å². The SMILES string of the molecule is CC(C)C(C(=O)O)C(=O)N(C)c1cccc(Br)c1. The summed E-state index contributed by atoms with van der Waals surface area (Å²) in [4.78, 5) is 24.7. The summed E-state index contributed by atoms with van der Waals surface area (Å²) in [5.74, 6) is -2.76. The molecule has 18 heavy (non-hydrogen) atoms. The number of carboxylic acids is 1. The Bertz CT molecular complexity index is 459. The van der Waals surface area contributed by atoms with E-state index in [2.05, 4.69) is 15.9 Å². The fraction of sp³-hybridized carbons (Fsp3) is 0.385. The van der Waals surface area contributed by atoms with Crippen molar-refractivity contribution in [1.82, 2.24) is 0 Å². The van der Waals surface area contributed by atoms with Gasteiger partial charge in [0, 0.05) is 17.2 Å². The van der Waals surface area contributed by atoms with Crippen molar-refractivity contribution in [3.63, 3.8) is 0 Å². The summed E-state index contributed by atoms with van der Waals surface area (Å²) >= 11 is 3.32. The zero-order valence-electron chi connectivity index (χ0n) is 10.6. The lowest BCUT2D eigenvalue weighted by Gasteiger charge is -2.23. The molecule has 0 aliphatic carbocycles. The molecule has 0 spiro atoms. The maximum Gasteiger partial charge on any atom is 0.316 e. The summed E-state index contributed by atoms with van der Waals surface area (Å²) in [7, 11) is 1.59. The van der Waals surface area contributed by atoms with Crippen molar-refractivity contribution in [1.29, 1.82) is 0 Å². The normalized spacial score (nSPS) is 12.3. The molecule has 1 aromatic carbocycles. The van der Waals surface area contributed by atoms with Crippen LogP contribution < -0.4 is 4.90 Å². The van der Waals surface area contributed by atoms with E-state index < -0.39 is 17.8 Å². The van der Waals surface area contributed by atoms with Crippen LogP contribution in [0.2, 0.25) is 0 Å². The van der Waals surface area contributed by atoms with Crippen LogP contribution in [0.4, 0.5) is 5.69 Å². The van der Waals surface area contributed by atoms with Crippen molar-refractivity contribution in [2.24, 2.45) is 11.8 Å². The lowest BCUT2D eigenvalue weighted by atomic mass is 9.94. The maximum absolute atomic E-state index is 12.2. The van der Waals surface area contributed by atoms with E-state index in [1.807, 2.05) is 6.07 Å². The Hall–Kier alpha value is -1.36. The van der Waals surface area contributed by atoms with Gasteiger partial charge in [0.2, 0.25) is 5.91 Å². The molecule has 0 radical (unpaired) electrons. The number of benzene rings is 1. The minimum atomic E-state index is -1.09. The Morgan fingerprint density at radius 2 is 1.94 bits per heavy atom. The van der Waals surface area contributed by atoms with Crippen molar-refractivity contribution in [3.05, 3.63) is 28.7 Å². The third-order valence-corrected chi connectivity index (χ3v) is 3.22. The number of aliphatic carboxylic acids is 1. The molecule has 0 heterocycles. The molecular formula is C13H16BrNO3. The number of rotatable bonds is 4. The van der Waals surface area contributed by atoms with E-state index in [-0.39, 0.29) is 5.92 Å². The third kappa shape index (κ3) is 3.32. The number of amides is 1. The van der Waals surface area contributed by atoms with Crippen LogP contribution in [0.15, 0.2) is 28.7 Å². The van der Waals surface area contributed by atoms with Gasteiger partial charge in [0.05, 0.1) is 0 Å². The summed E-state index contributed by atoms with van der Waals surface area (Å²) in [5.41, 5.74) is 0.668. The van der Waals surface area contributed by atoms with Gasteiger partial charge in [0.25, 0.3) is 0 Å². The number of hydrogen-bond acceptors (Lipinski definition) is 2. The first-order valence-corrected chi connectivity index (χ1v) is 6.40.